The van der Waals surface area contributed by atoms with Crippen LogP contribution in [0.15, 0.2) is 18.2 Å². The molecule has 0 saturated heterocycles. The van der Waals surface area contributed by atoms with E-state index in [0.29, 0.717) is 12.0 Å². The number of hydrogen-bond acceptors (Lipinski definition) is 5. The van der Waals surface area contributed by atoms with Crippen molar-refractivity contribution < 1.29 is 23.9 Å². The van der Waals surface area contributed by atoms with Crippen LogP contribution in [0.25, 0.3) is 0 Å². The van der Waals surface area contributed by atoms with Crippen LogP contribution in [-0.4, -0.2) is 37.1 Å². The van der Waals surface area contributed by atoms with Gasteiger partial charge in [-0.15, -0.1) is 0 Å². The van der Waals surface area contributed by atoms with Crippen molar-refractivity contribution in [2.45, 2.75) is 66.8 Å². The molecule has 1 aromatic carbocycles. The summed E-state index contributed by atoms with van der Waals surface area (Å²) in [5.74, 6) is -0.883. The number of benzene rings is 1. The molecule has 160 valence electrons. The first-order valence-electron chi connectivity index (χ1n) is 10.1. The Morgan fingerprint density at radius 1 is 1.00 bits per heavy atom. The number of amides is 1. The van der Waals surface area contributed by atoms with Gasteiger partial charge in [-0.1, -0.05) is 12.1 Å². The summed E-state index contributed by atoms with van der Waals surface area (Å²) < 4.78 is 11.0. The minimum absolute atomic E-state index is 0.0769. The van der Waals surface area contributed by atoms with Gasteiger partial charge in [0.1, 0.15) is 6.61 Å². The van der Waals surface area contributed by atoms with Crippen molar-refractivity contribution in [3.8, 4) is 0 Å². The highest BCUT2D eigenvalue weighted by Gasteiger charge is 2.36. The second kappa shape index (κ2) is 8.56. The molecular weight excluding hydrogens is 370 g/mol. The molecule has 1 aromatic rings. The zero-order valence-electron chi connectivity index (χ0n) is 18.5. The average Bonchev–Trinajstić information content (AvgIpc) is 2.60. The van der Waals surface area contributed by atoms with Gasteiger partial charge < -0.3 is 14.8 Å². The summed E-state index contributed by atoms with van der Waals surface area (Å²) in [4.78, 5) is 36.9. The van der Waals surface area contributed by atoms with Gasteiger partial charge in [0.05, 0.1) is 23.5 Å². The topological polar surface area (TPSA) is 81.7 Å². The first kappa shape index (κ1) is 22.9. The first-order chi connectivity index (χ1) is 13.3. The lowest BCUT2D eigenvalue weighted by Gasteiger charge is -2.35. The van der Waals surface area contributed by atoms with Gasteiger partial charge in [-0.05, 0) is 72.1 Å². The van der Waals surface area contributed by atoms with Crippen LogP contribution in [0, 0.1) is 17.8 Å². The standard InChI is InChI=1S/C23H33NO5/c1-14-9-8-10-16-18(14)15(11-12-28-20(26)22(2,3)4)17(24-19(16)25)13-29-21(27)23(5,6)7/h8-10,15,17H,11-13H2,1-7H3,(H,24,25)/t15-,17-/m0/s1. The molecule has 0 bridgehead atoms. The number of ether oxygens (including phenoxy) is 2. The molecule has 0 aliphatic carbocycles. The Balaban J connectivity index is 2.22. The first-order valence-corrected chi connectivity index (χ1v) is 10.1. The van der Waals surface area contributed by atoms with E-state index in [9.17, 15) is 14.4 Å². The van der Waals surface area contributed by atoms with E-state index in [-0.39, 0.29) is 43.0 Å². The van der Waals surface area contributed by atoms with E-state index >= 15 is 0 Å². The maximum Gasteiger partial charge on any atom is 0.311 e. The Hall–Kier alpha value is -2.37. The molecule has 6 heteroatoms. The smallest absolute Gasteiger partial charge is 0.311 e. The number of esters is 2. The molecule has 0 spiro atoms. The molecule has 0 fully saturated rings. The van der Waals surface area contributed by atoms with Gasteiger partial charge >= 0.3 is 11.9 Å². The van der Waals surface area contributed by atoms with Crippen molar-refractivity contribution in [1.29, 1.82) is 0 Å². The maximum absolute atomic E-state index is 12.6. The molecule has 1 amide bonds. The largest absolute Gasteiger partial charge is 0.465 e. The van der Waals surface area contributed by atoms with Crippen molar-refractivity contribution in [3.05, 3.63) is 34.9 Å². The number of nitrogens with one attached hydrogen (secondary N) is 1. The van der Waals surface area contributed by atoms with Crippen molar-refractivity contribution in [2.75, 3.05) is 13.2 Å². The molecule has 0 unspecified atom stereocenters. The molecule has 2 rings (SSSR count). The maximum atomic E-state index is 12.6. The number of carbonyl (C=O) groups is 3. The Labute approximate surface area is 173 Å². The van der Waals surface area contributed by atoms with E-state index in [0.717, 1.165) is 11.1 Å². The quantitative estimate of drug-likeness (QED) is 0.757. The average molecular weight is 404 g/mol. The Bertz CT molecular complexity index is 785. The Morgan fingerprint density at radius 2 is 1.59 bits per heavy atom. The summed E-state index contributed by atoms with van der Waals surface area (Å²) in [6, 6.07) is 5.23. The van der Waals surface area contributed by atoms with Crippen LogP contribution in [0.2, 0.25) is 0 Å². The van der Waals surface area contributed by atoms with Crippen LogP contribution in [0.3, 0.4) is 0 Å². The Morgan fingerprint density at radius 3 is 2.17 bits per heavy atom. The Kier molecular flexibility index (Phi) is 6.76. The van der Waals surface area contributed by atoms with Crippen molar-refractivity contribution in [1.82, 2.24) is 5.32 Å². The fourth-order valence-corrected chi connectivity index (χ4v) is 3.30. The zero-order chi connectivity index (χ0) is 22.0. The van der Waals surface area contributed by atoms with Crippen LogP contribution in [-0.2, 0) is 19.1 Å². The molecule has 0 aromatic heterocycles. The number of carbonyl (C=O) groups excluding carboxylic acids is 3. The molecule has 6 nitrogen and oxygen atoms in total. The summed E-state index contributed by atoms with van der Waals surface area (Å²) in [5, 5.41) is 2.97. The molecule has 1 aliphatic heterocycles. The van der Waals surface area contributed by atoms with Gasteiger partial charge in [-0.2, -0.15) is 0 Å². The van der Waals surface area contributed by atoms with Gasteiger partial charge in [0.25, 0.3) is 5.91 Å². The number of hydrogen-bond donors (Lipinski definition) is 1. The lowest BCUT2D eigenvalue weighted by atomic mass is 9.80. The van der Waals surface area contributed by atoms with E-state index < -0.39 is 10.8 Å². The van der Waals surface area contributed by atoms with E-state index in [1.54, 1.807) is 26.8 Å². The predicted molar refractivity (Wildman–Crippen MR) is 111 cm³/mol. The highest BCUT2D eigenvalue weighted by Crippen LogP contribution is 2.34. The number of aryl methyl sites for hydroxylation is 1. The molecule has 29 heavy (non-hydrogen) atoms. The highest BCUT2D eigenvalue weighted by molar-refractivity contribution is 5.97. The van der Waals surface area contributed by atoms with Gasteiger partial charge in [-0.3, -0.25) is 14.4 Å². The van der Waals surface area contributed by atoms with Gasteiger partial charge in [0.2, 0.25) is 0 Å². The zero-order valence-corrected chi connectivity index (χ0v) is 18.5. The molecule has 0 saturated carbocycles. The summed E-state index contributed by atoms with van der Waals surface area (Å²) in [6.07, 6.45) is 0.525. The number of rotatable bonds is 5. The minimum atomic E-state index is -0.621. The van der Waals surface area contributed by atoms with Crippen molar-refractivity contribution in [2.24, 2.45) is 10.8 Å². The SMILES string of the molecule is Cc1cccc2c1[C@@H](CCOC(=O)C(C)(C)C)[C@H](COC(=O)C(C)(C)C)NC2=O. The fourth-order valence-electron chi connectivity index (χ4n) is 3.30. The lowest BCUT2D eigenvalue weighted by molar-refractivity contribution is -0.153. The van der Waals surface area contributed by atoms with Crippen LogP contribution in [0.5, 0.6) is 0 Å². The minimum Gasteiger partial charge on any atom is -0.465 e. The summed E-state index contributed by atoms with van der Waals surface area (Å²) in [6.45, 7) is 13.1. The van der Waals surface area contributed by atoms with Crippen LogP contribution in [0.1, 0.15) is 75.4 Å². The van der Waals surface area contributed by atoms with Gasteiger partial charge in [0.15, 0.2) is 0 Å². The molecule has 2 atom stereocenters. The second-order valence-electron chi connectivity index (χ2n) is 9.75. The molecule has 0 radical (unpaired) electrons. The molecular formula is C23H33NO5. The molecule has 1 N–H and O–H groups in total. The lowest BCUT2D eigenvalue weighted by Crippen LogP contribution is -2.48. The molecule has 1 heterocycles. The highest BCUT2D eigenvalue weighted by atomic mass is 16.5. The third kappa shape index (κ3) is 5.58. The second-order valence-corrected chi connectivity index (χ2v) is 9.75. The van der Waals surface area contributed by atoms with Crippen molar-refractivity contribution >= 4 is 17.8 Å². The monoisotopic (exact) mass is 403 g/mol. The van der Waals surface area contributed by atoms with E-state index in [1.807, 2.05) is 39.8 Å². The van der Waals surface area contributed by atoms with E-state index in [1.165, 1.54) is 0 Å². The van der Waals surface area contributed by atoms with Crippen LogP contribution < -0.4 is 5.32 Å². The van der Waals surface area contributed by atoms with Gasteiger partial charge in [0, 0.05) is 11.5 Å². The van der Waals surface area contributed by atoms with E-state index in [4.69, 9.17) is 9.47 Å². The normalized spacial score (nSPS) is 19.2. The fraction of sp³-hybridized carbons (Fsp3) is 0.609. The van der Waals surface area contributed by atoms with Gasteiger partial charge in [-0.25, -0.2) is 0 Å². The predicted octanol–water partition coefficient (Wildman–Crippen LogP) is 3.76. The van der Waals surface area contributed by atoms with E-state index in [2.05, 4.69) is 5.32 Å². The summed E-state index contributed by atoms with van der Waals surface area (Å²) >= 11 is 0. The molecule has 1 aliphatic rings. The number of fused-ring (bicyclic) bond motifs is 1. The summed E-state index contributed by atoms with van der Waals surface area (Å²) in [5.41, 5.74) is 1.35. The van der Waals surface area contributed by atoms with Crippen molar-refractivity contribution in [3.63, 3.8) is 0 Å². The third-order valence-corrected chi connectivity index (χ3v) is 5.02. The van der Waals surface area contributed by atoms with Crippen LogP contribution in [0.4, 0.5) is 0 Å². The third-order valence-electron chi connectivity index (χ3n) is 5.02. The summed E-state index contributed by atoms with van der Waals surface area (Å²) in [7, 11) is 0. The van der Waals surface area contributed by atoms with Crippen LogP contribution >= 0.6 is 0 Å².